The molecule has 3 aromatic heterocycles. The molecule has 0 unspecified atom stereocenters. The molecule has 1 fully saturated rings. The largest absolute Gasteiger partial charge is 0.481 e. The van der Waals surface area contributed by atoms with Crippen LogP contribution in [-0.2, 0) is 6.54 Å². The molecule has 1 aliphatic carbocycles. The number of methoxy groups -OCH3 is 1. The van der Waals surface area contributed by atoms with Crippen LogP contribution in [0.3, 0.4) is 0 Å². The standard InChI is InChI=1S/C13H15N7O/c1-21-12-4-10(18-19-12)16-11-6-14-9-5-15-20(13(9)17-11)7-8-2-3-8/h4-6,8H,2-3,7H2,1H3,(H2,16,17,18,19). The van der Waals surface area contributed by atoms with E-state index in [-0.39, 0.29) is 0 Å². The molecule has 0 aromatic carbocycles. The van der Waals surface area contributed by atoms with E-state index in [1.165, 1.54) is 12.8 Å². The van der Waals surface area contributed by atoms with Crippen molar-refractivity contribution in [3.63, 3.8) is 0 Å². The summed E-state index contributed by atoms with van der Waals surface area (Å²) in [6, 6.07) is 1.76. The molecule has 0 bridgehead atoms. The second kappa shape index (κ2) is 4.72. The minimum Gasteiger partial charge on any atom is -0.481 e. The topological polar surface area (TPSA) is 93.5 Å². The Labute approximate surface area is 120 Å². The number of nitrogens with one attached hydrogen (secondary N) is 2. The molecule has 3 heterocycles. The Morgan fingerprint density at radius 3 is 3.05 bits per heavy atom. The number of ether oxygens (including phenoxy) is 1. The minimum absolute atomic E-state index is 0.588. The number of rotatable bonds is 5. The molecule has 0 saturated heterocycles. The van der Waals surface area contributed by atoms with Crippen molar-refractivity contribution in [1.82, 2.24) is 29.9 Å². The maximum atomic E-state index is 5.05. The van der Waals surface area contributed by atoms with Gasteiger partial charge in [0.25, 0.3) is 0 Å². The number of fused-ring (bicyclic) bond motifs is 1. The average Bonchev–Trinajstić information content (AvgIpc) is 3.06. The van der Waals surface area contributed by atoms with Gasteiger partial charge in [0.1, 0.15) is 5.52 Å². The predicted molar refractivity (Wildman–Crippen MR) is 76.5 cm³/mol. The second-order valence-electron chi connectivity index (χ2n) is 5.18. The lowest BCUT2D eigenvalue weighted by molar-refractivity contribution is 0.397. The fourth-order valence-corrected chi connectivity index (χ4v) is 2.19. The number of nitrogens with zero attached hydrogens (tertiary/aromatic N) is 5. The molecular formula is C13H15N7O. The molecule has 1 aliphatic rings. The molecule has 1 saturated carbocycles. The van der Waals surface area contributed by atoms with Crippen LogP contribution >= 0.6 is 0 Å². The molecule has 0 spiro atoms. The Bertz CT molecular complexity index is 774. The third-order valence-corrected chi connectivity index (χ3v) is 3.50. The first-order valence-corrected chi connectivity index (χ1v) is 6.87. The zero-order valence-corrected chi connectivity index (χ0v) is 11.6. The monoisotopic (exact) mass is 285 g/mol. The Hall–Kier alpha value is -2.64. The summed E-state index contributed by atoms with van der Waals surface area (Å²) in [5.74, 6) is 2.59. The summed E-state index contributed by atoms with van der Waals surface area (Å²) in [5, 5.41) is 14.3. The first-order valence-electron chi connectivity index (χ1n) is 6.87. The SMILES string of the molecule is COc1cc(Nc2cnc3cnn(CC4CC4)c3n2)n[nH]1. The highest BCUT2D eigenvalue weighted by atomic mass is 16.5. The number of anilines is 2. The molecule has 21 heavy (non-hydrogen) atoms. The lowest BCUT2D eigenvalue weighted by atomic mass is 10.4. The molecule has 3 aromatic rings. The number of H-pyrrole nitrogens is 1. The summed E-state index contributed by atoms with van der Waals surface area (Å²) in [6.45, 7) is 0.915. The summed E-state index contributed by atoms with van der Waals surface area (Å²) >= 11 is 0. The number of aromatic amines is 1. The van der Waals surface area contributed by atoms with E-state index in [4.69, 9.17) is 4.74 Å². The normalized spacial score (nSPS) is 14.5. The lowest BCUT2D eigenvalue weighted by Gasteiger charge is -2.03. The first-order chi connectivity index (χ1) is 10.3. The van der Waals surface area contributed by atoms with Crippen LogP contribution in [-0.4, -0.2) is 37.1 Å². The van der Waals surface area contributed by atoms with Crippen LogP contribution in [0.15, 0.2) is 18.5 Å². The zero-order valence-electron chi connectivity index (χ0n) is 11.6. The Balaban J connectivity index is 1.62. The van der Waals surface area contributed by atoms with E-state index in [0.29, 0.717) is 17.5 Å². The van der Waals surface area contributed by atoms with Crippen molar-refractivity contribution in [2.45, 2.75) is 19.4 Å². The number of hydrogen-bond donors (Lipinski definition) is 2. The van der Waals surface area contributed by atoms with Crippen molar-refractivity contribution >= 4 is 22.8 Å². The van der Waals surface area contributed by atoms with Gasteiger partial charge in [-0.1, -0.05) is 0 Å². The van der Waals surface area contributed by atoms with Crippen LogP contribution in [0.4, 0.5) is 11.6 Å². The van der Waals surface area contributed by atoms with Crippen LogP contribution in [0, 0.1) is 5.92 Å². The van der Waals surface area contributed by atoms with Gasteiger partial charge in [-0.15, -0.1) is 0 Å². The van der Waals surface area contributed by atoms with Crippen molar-refractivity contribution in [3.8, 4) is 5.88 Å². The van der Waals surface area contributed by atoms with E-state index in [0.717, 1.165) is 23.6 Å². The molecular weight excluding hydrogens is 270 g/mol. The zero-order chi connectivity index (χ0) is 14.2. The Morgan fingerprint density at radius 1 is 1.38 bits per heavy atom. The molecule has 4 rings (SSSR count). The smallest absolute Gasteiger partial charge is 0.210 e. The molecule has 8 nitrogen and oxygen atoms in total. The highest BCUT2D eigenvalue weighted by molar-refractivity contribution is 5.71. The van der Waals surface area contributed by atoms with Gasteiger partial charge in [-0.05, 0) is 18.8 Å². The van der Waals surface area contributed by atoms with Gasteiger partial charge in [-0.3, -0.25) is 0 Å². The second-order valence-corrected chi connectivity index (χ2v) is 5.18. The number of aromatic nitrogens is 6. The molecule has 0 amide bonds. The van der Waals surface area contributed by atoms with Crippen molar-refractivity contribution in [1.29, 1.82) is 0 Å². The van der Waals surface area contributed by atoms with Gasteiger partial charge in [0.05, 0.1) is 19.5 Å². The van der Waals surface area contributed by atoms with Gasteiger partial charge in [-0.25, -0.2) is 19.7 Å². The maximum Gasteiger partial charge on any atom is 0.210 e. The summed E-state index contributed by atoms with van der Waals surface area (Å²) in [6.07, 6.45) is 5.98. The van der Waals surface area contributed by atoms with Crippen molar-refractivity contribution < 1.29 is 4.74 Å². The molecule has 108 valence electrons. The Morgan fingerprint density at radius 2 is 2.29 bits per heavy atom. The third kappa shape index (κ3) is 2.39. The van der Waals surface area contributed by atoms with Crippen molar-refractivity contribution in [2.75, 3.05) is 12.4 Å². The highest BCUT2D eigenvalue weighted by Crippen LogP contribution is 2.31. The minimum atomic E-state index is 0.588. The molecule has 0 aliphatic heterocycles. The summed E-state index contributed by atoms with van der Waals surface area (Å²) in [5.41, 5.74) is 1.61. The van der Waals surface area contributed by atoms with Gasteiger partial charge in [0.2, 0.25) is 5.88 Å². The predicted octanol–water partition coefficient (Wildman–Crippen LogP) is 1.71. The van der Waals surface area contributed by atoms with Crippen LogP contribution in [0.5, 0.6) is 5.88 Å². The fraction of sp³-hybridized carbons (Fsp3) is 0.385. The molecule has 0 atom stereocenters. The first kappa shape index (κ1) is 12.1. The van der Waals surface area contributed by atoms with E-state index in [1.54, 1.807) is 25.6 Å². The van der Waals surface area contributed by atoms with E-state index < -0.39 is 0 Å². The summed E-state index contributed by atoms with van der Waals surface area (Å²) < 4.78 is 6.98. The molecule has 2 N–H and O–H groups in total. The van der Waals surface area contributed by atoms with Gasteiger partial charge in [-0.2, -0.15) is 10.2 Å². The van der Waals surface area contributed by atoms with Gasteiger partial charge < -0.3 is 10.1 Å². The number of hydrogen-bond acceptors (Lipinski definition) is 6. The van der Waals surface area contributed by atoms with E-state index in [2.05, 4.69) is 30.6 Å². The van der Waals surface area contributed by atoms with Crippen molar-refractivity contribution in [3.05, 3.63) is 18.5 Å². The van der Waals surface area contributed by atoms with Gasteiger partial charge in [0.15, 0.2) is 17.3 Å². The van der Waals surface area contributed by atoms with Crippen LogP contribution in [0.2, 0.25) is 0 Å². The van der Waals surface area contributed by atoms with E-state index >= 15 is 0 Å². The van der Waals surface area contributed by atoms with E-state index in [1.807, 2.05) is 4.68 Å². The van der Waals surface area contributed by atoms with Crippen LogP contribution < -0.4 is 10.1 Å². The molecule has 0 radical (unpaired) electrons. The maximum absolute atomic E-state index is 5.05. The van der Waals surface area contributed by atoms with Crippen molar-refractivity contribution in [2.24, 2.45) is 5.92 Å². The summed E-state index contributed by atoms with van der Waals surface area (Å²) in [4.78, 5) is 8.95. The van der Waals surface area contributed by atoms with Crippen LogP contribution in [0.25, 0.3) is 11.2 Å². The summed E-state index contributed by atoms with van der Waals surface area (Å²) in [7, 11) is 1.58. The lowest BCUT2D eigenvalue weighted by Crippen LogP contribution is -2.04. The van der Waals surface area contributed by atoms with Gasteiger partial charge in [0, 0.05) is 12.6 Å². The highest BCUT2D eigenvalue weighted by Gasteiger charge is 2.23. The van der Waals surface area contributed by atoms with Gasteiger partial charge >= 0.3 is 0 Å². The van der Waals surface area contributed by atoms with Crippen LogP contribution in [0.1, 0.15) is 12.8 Å². The average molecular weight is 285 g/mol. The third-order valence-electron chi connectivity index (χ3n) is 3.50. The Kier molecular flexibility index (Phi) is 2.73. The molecule has 8 heteroatoms. The quantitative estimate of drug-likeness (QED) is 0.741. The van der Waals surface area contributed by atoms with E-state index in [9.17, 15) is 0 Å². The fourth-order valence-electron chi connectivity index (χ4n) is 2.19.